The van der Waals surface area contributed by atoms with E-state index in [1.165, 1.54) is 5.57 Å². The topological polar surface area (TPSA) is 42.4 Å². The van der Waals surface area contributed by atoms with Gasteiger partial charge < -0.3 is 9.64 Å². The van der Waals surface area contributed by atoms with Crippen LogP contribution >= 0.6 is 0 Å². The smallest absolute Gasteiger partial charge is 0.153 e. The Morgan fingerprint density at radius 2 is 2.24 bits per heavy atom. The van der Waals surface area contributed by atoms with Crippen LogP contribution in [0.15, 0.2) is 42.0 Å². The number of para-hydroxylation sites is 1. The summed E-state index contributed by atoms with van der Waals surface area (Å²) >= 11 is 0. The van der Waals surface area contributed by atoms with Gasteiger partial charge in [-0.1, -0.05) is 24.3 Å². The van der Waals surface area contributed by atoms with Crippen molar-refractivity contribution in [1.29, 1.82) is 0 Å². The van der Waals surface area contributed by atoms with E-state index in [1.54, 1.807) is 7.11 Å². The van der Waals surface area contributed by atoms with Gasteiger partial charge in [0.05, 0.1) is 17.7 Å². The molecular weight excluding hydrogens is 264 g/mol. The fourth-order valence-corrected chi connectivity index (χ4v) is 2.68. The second-order valence-electron chi connectivity index (χ2n) is 5.20. The average molecular weight is 282 g/mol. The lowest BCUT2D eigenvalue weighted by Crippen LogP contribution is -2.31. The Labute approximate surface area is 124 Å². The highest BCUT2D eigenvalue weighted by Crippen LogP contribution is 2.25. The molecule has 0 bridgehead atoms. The molecule has 0 unspecified atom stereocenters. The number of hydrogen-bond acceptors (Lipinski definition) is 4. The molecule has 2 aromatic rings. The van der Waals surface area contributed by atoms with Gasteiger partial charge in [0, 0.05) is 25.6 Å². The number of hydrogen-bond donors (Lipinski definition) is 0. The molecule has 0 atom stereocenters. The standard InChI is InChI=1S/C17H18N2O2/c1-21-12-13-6-8-19(9-7-13)17-15(11-20)10-14-4-2-3-5-16(14)18-17/h2-6,10-11H,7-9,12H2,1H3. The normalized spacial score (nSPS) is 15.1. The molecule has 0 radical (unpaired) electrons. The summed E-state index contributed by atoms with van der Waals surface area (Å²) in [5.74, 6) is 0.774. The van der Waals surface area contributed by atoms with Crippen molar-refractivity contribution in [1.82, 2.24) is 4.98 Å². The van der Waals surface area contributed by atoms with Crippen molar-refractivity contribution in [2.24, 2.45) is 0 Å². The van der Waals surface area contributed by atoms with Crippen LogP contribution in [0.5, 0.6) is 0 Å². The highest BCUT2D eigenvalue weighted by molar-refractivity contribution is 5.91. The Bertz CT molecular complexity index is 694. The lowest BCUT2D eigenvalue weighted by molar-refractivity contribution is 0.112. The van der Waals surface area contributed by atoms with Gasteiger partial charge in [0.1, 0.15) is 5.82 Å². The summed E-state index contributed by atoms with van der Waals surface area (Å²) in [5, 5.41) is 0.996. The van der Waals surface area contributed by atoms with Gasteiger partial charge in [0.2, 0.25) is 0 Å². The molecule has 0 saturated heterocycles. The molecule has 4 heteroatoms. The third kappa shape index (κ3) is 2.81. The third-order valence-corrected chi connectivity index (χ3v) is 3.79. The van der Waals surface area contributed by atoms with Crippen molar-refractivity contribution in [2.45, 2.75) is 6.42 Å². The van der Waals surface area contributed by atoms with E-state index in [0.717, 1.165) is 42.5 Å². The third-order valence-electron chi connectivity index (χ3n) is 3.79. The molecule has 1 aliphatic heterocycles. The molecule has 2 heterocycles. The Kier molecular flexibility index (Phi) is 3.97. The quantitative estimate of drug-likeness (QED) is 0.639. The number of rotatable bonds is 4. The van der Waals surface area contributed by atoms with E-state index in [1.807, 2.05) is 30.3 Å². The van der Waals surface area contributed by atoms with Gasteiger partial charge in [0.25, 0.3) is 0 Å². The summed E-state index contributed by atoms with van der Waals surface area (Å²) in [6.07, 6.45) is 4.00. The molecule has 1 aromatic heterocycles. The largest absolute Gasteiger partial charge is 0.380 e. The minimum atomic E-state index is 0.650. The Morgan fingerprint density at radius 1 is 1.38 bits per heavy atom. The van der Waals surface area contributed by atoms with Crippen molar-refractivity contribution < 1.29 is 9.53 Å². The van der Waals surface area contributed by atoms with E-state index < -0.39 is 0 Å². The number of carbonyl (C=O) groups excluding carboxylic acids is 1. The molecule has 108 valence electrons. The lowest BCUT2D eigenvalue weighted by Gasteiger charge is -2.28. The molecule has 21 heavy (non-hydrogen) atoms. The summed E-state index contributed by atoms with van der Waals surface area (Å²) in [6, 6.07) is 9.79. The summed E-state index contributed by atoms with van der Waals surface area (Å²) in [6.45, 7) is 2.31. The van der Waals surface area contributed by atoms with E-state index in [-0.39, 0.29) is 0 Å². The zero-order valence-corrected chi connectivity index (χ0v) is 12.1. The zero-order valence-electron chi connectivity index (χ0n) is 12.1. The Morgan fingerprint density at radius 3 is 2.95 bits per heavy atom. The maximum absolute atomic E-state index is 11.4. The van der Waals surface area contributed by atoms with E-state index in [2.05, 4.69) is 16.0 Å². The zero-order chi connectivity index (χ0) is 14.7. The van der Waals surface area contributed by atoms with E-state index >= 15 is 0 Å². The summed E-state index contributed by atoms with van der Waals surface area (Å²) in [7, 11) is 1.71. The molecule has 0 N–H and O–H groups in total. The van der Waals surface area contributed by atoms with Gasteiger partial charge in [0.15, 0.2) is 6.29 Å². The summed E-state index contributed by atoms with van der Waals surface area (Å²) < 4.78 is 5.17. The fourth-order valence-electron chi connectivity index (χ4n) is 2.68. The number of pyridine rings is 1. The molecule has 1 aromatic carbocycles. The van der Waals surface area contributed by atoms with Crippen LogP contribution in [0.4, 0.5) is 5.82 Å². The summed E-state index contributed by atoms with van der Waals surface area (Å²) in [5.41, 5.74) is 2.88. The van der Waals surface area contributed by atoms with Crippen molar-refractivity contribution >= 4 is 23.0 Å². The Balaban J connectivity index is 1.95. The fraction of sp³-hybridized carbons (Fsp3) is 0.294. The van der Waals surface area contributed by atoms with Crippen LogP contribution in [0, 0.1) is 0 Å². The van der Waals surface area contributed by atoms with Gasteiger partial charge in [-0.05, 0) is 24.1 Å². The molecule has 0 amide bonds. The maximum atomic E-state index is 11.4. The van der Waals surface area contributed by atoms with Crippen LogP contribution in [-0.4, -0.2) is 38.1 Å². The highest BCUT2D eigenvalue weighted by atomic mass is 16.5. The van der Waals surface area contributed by atoms with Gasteiger partial charge in [-0.3, -0.25) is 4.79 Å². The van der Waals surface area contributed by atoms with Crippen LogP contribution in [0.25, 0.3) is 10.9 Å². The second kappa shape index (κ2) is 6.06. The van der Waals surface area contributed by atoms with Crippen LogP contribution in [0.3, 0.4) is 0 Å². The number of benzene rings is 1. The number of aldehydes is 1. The molecular formula is C17H18N2O2. The first kappa shape index (κ1) is 13.8. The van der Waals surface area contributed by atoms with Crippen molar-refractivity contribution in [3.8, 4) is 0 Å². The predicted molar refractivity (Wildman–Crippen MR) is 83.9 cm³/mol. The van der Waals surface area contributed by atoms with Gasteiger partial charge in [-0.25, -0.2) is 4.98 Å². The van der Waals surface area contributed by atoms with E-state index in [9.17, 15) is 4.79 Å². The van der Waals surface area contributed by atoms with E-state index in [4.69, 9.17) is 4.74 Å². The van der Waals surface area contributed by atoms with Crippen LogP contribution < -0.4 is 4.90 Å². The number of methoxy groups -OCH3 is 1. The minimum absolute atomic E-state index is 0.650. The van der Waals surface area contributed by atoms with Crippen molar-refractivity contribution in [2.75, 3.05) is 31.7 Å². The van der Waals surface area contributed by atoms with Gasteiger partial charge >= 0.3 is 0 Å². The molecule has 0 fully saturated rings. The number of fused-ring (bicyclic) bond motifs is 1. The highest BCUT2D eigenvalue weighted by Gasteiger charge is 2.17. The number of ether oxygens (including phenoxy) is 1. The number of carbonyl (C=O) groups is 1. The maximum Gasteiger partial charge on any atom is 0.153 e. The predicted octanol–water partition coefficient (Wildman–Crippen LogP) is 2.83. The molecule has 1 aliphatic rings. The number of nitrogens with zero attached hydrogens (tertiary/aromatic N) is 2. The molecule has 3 rings (SSSR count). The monoisotopic (exact) mass is 282 g/mol. The van der Waals surface area contributed by atoms with Crippen LogP contribution in [-0.2, 0) is 4.74 Å². The van der Waals surface area contributed by atoms with E-state index in [0.29, 0.717) is 12.2 Å². The molecule has 0 saturated carbocycles. The summed E-state index contributed by atoms with van der Waals surface area (Å²) in [4.78, 5) is 18.2. The Hall–Kier alpha value is -2.20. The van der Waals surface area contributed by atoms with Crippen molar-refractivity contribution in [3.05, 3.63) is 47.5 Å². The second-order valence-corrected chi connectivity index (χ2v) is 5.20. The van der Waals surface area contributed by atoms with Gasteiger partial charge in [-0.15, -0.1) is 0 Å². The van der Waals surface area contributed by atoms with Crippen LogP contribution in [0.1, 0.15) is 16.8 Å². The first-order chi connectivity index (χ1) is 10.3. The molecule has 0 spiro atoms. The molecule has 0 aliphatic carbocycles. The minimum Gasteiger partial charge on any atom is -0.380 e. The average Bonchev–Trinajstić information content (AvgIpc) is 2.54. The SMILES string of the molecule is COCC1=CCN(c2nc3ccccc3cc2C=O)CC1. The van der Waals surface area contributed by atoms with Gasteiger partial charge in [-0.2, -0.15) is 0 Å². The first-order valence-corrected chi connectivity index (χ1v) is 7.08. The molecule has 4 nitrogen and oxygen atoms in total. The number of anilines is 1. The van der Waals surface area contributed by atoms with Crippen LogP contribution in [0.2, 0.25) is 0 Å². The lowest BCUT2D eigenvalue weighted by atomic mass is 10.1. The number of aromatic nitrogens is 1. The van der Waals surface area contributed by atoms with Crippen molar-refractivity contribution in [3.63, 3.8) is 0 Å². The first-order valence-electron chi connectivity index (χ1n) is 7.08.